The zero-order valence-corrected chi connectivity index (χ0v) is 14.0. The molecule has 5 nitrogen and oxygen atoms in total. The SMILES string of the molecule is CCCC(=O)Nc1cc(N2CCOCC2)ccc1N1CCCC1. The third-order valence-electron chi connectivity index (χ3n) is 4.55. The van der Waals surface area contributed by atoms with Crippen molar-refractivity contribution in [2.45, 2.75) is 32.6 Å². The van der Waals surface area contributed by atoms with E-state index < -0.39 is 0 Å². The van der Waals surface area contributed by atoms with Crippen LogP contribution in [0.5, 0.6) is 0 Å². The Morgan fingerprint density at radius 1 is 1.13 bits per heavy atom. The Morgan fingerprint density at radius 3 is 2.57 bits per heavy atom. The predicted molar refractivity (Wildman–Crippen MR) is 94.5 cm³/mol. The van der Waals surface area contributed by atoms with Crippen molar-refractivity contribution in [2.24, 2.45) is 0 Å². The van der Waals surface area contributed by atoms with E-state index in [9.17, 15) is 4.79 Å². The van der Waals surface area contributed by atoms with Crippen molar-refractivity contribution in [3.05, 3.63) is 18.2 Å². The van der Waals surface area contributed by atoms with E-state index in [-0.39, 0.29) is 5.91 Å². The molecule has 0 aliphatic carbocycles. The summed E-state index contributed by atoms with van der Waals surface area (Å²) in [6, 6.07) is 6.47. The van der Waals surface area contributed by atoms with Crippen LogP contribution in [0.15, 0.2) is 18.2 Å². The van der Waals surface area contributed by atoms with Crippen molar-refractivity contribution in [3.8, 4) is 0 Å². The number of morpholine rings is 1. The molecular formula is C18H27N3O2. The number of rotatable bonds is 5. The average Bonchev–Trinajstić information content (AvgIpc) is 3.10. The quantitative estimate of drug-likeness (QED) is 0.907. The minimum absolute atomic E-state index is 0.104. The first-order chi connectivity index (χ1) is 11.3. The second-order valence-corrected chi connectivity index (χ2v) is 6.29. The van der Waals surface area contributed by atoms with Crippen LogP contribution in [0, 0.1) is 0 Å². The van der Waals surface area contributed by atoms with Crippen molar-refractivity contribution in [1.29, 1.82) is 0 Å². The van der Waals surface area contributed by atoms with Crippen molar-refractivity contribution in [1.82, 2.24) is 0 Å². The molecule has 23 heavy (non-hydrogen) atoms. The summed E-state index contributed by atoms with van der Waals surface area (Å²) in [7, 11) is 0. The molecule has 0 aromatic heterocycles. The minimum atomic E-state index is 0.104. The molecule has 2 saturated heterocycles. The molecule has 126 valence electrons. The maximum absolute atomic E-state index is 12.1. The number of anilines is 3. The highest BCUT2D eigenvalue weighted by Crippen LogP contribution is 2.33. The van der Waals surface area contributed by atoms with Gasteiger partial charge in [-0.1, -0.05) is 6.92 Å². The normalized spacial score (nSPS) is 18.3. The molecule has 0 atom stereocenters. The van der Waals surface area contributed by atoms with Crippen LogP contribution < -0.4 is 15.1 Å². The van der Waals surface area contributed by atoms with E-state index in [0.717, 1.165) is 57.2 Å². The molecule has 1 amide bonds. The van der Waals surface area contributed by atoms with Gasteiger partial charge >= 0.3 is 0 Å². The monoisotopic (exact) mass is 317 g/mol. The lowest BCUT2D eigenvalue weighted by Crippen LogP contribution is -2.36. The Morgan fingerprint density at radius 2 is 1.87 bits per heavy atom. The Labute approximate surface area is 138 Å². The lowest BCUT2D eigenvalue weighted by atomic mass is 10.2. The van der Waals surface area contributed by atoms with Gasteiger partial charge in [0.2, 0.25) is 5.91 Å². The fourth-order valence-corrected chi connectivity index (χ4v) is 3.32. The van der Waals surface area contributed by atoms with Crippen molar-refractivity contribution < 1.29 is 9.53 Å². The van der Waals surface area contributed by atoms with Gasteiger partial charge in [0.25, 0.3) is 0 Å². The summed E-state index contributed by atoms with van der Waals surface area (Å²) < 4.78 is 5.43. The summed E-state index contributed by atoms with van der Waals surface area (Å²) in [5, 5.41) is 3.13. The summed E-state index contributed by atoms with van der Waals surface area (Å²) in [5.74, 6) is 0.104. The molecule has 2 heterocycles. The molecule has 2 aliphatic rings. The number of amides is 1. The van der Waals surface area contributed by atoms with E-state index >= 15 is 0 Å². The third-order valence-corrected chi connectivity index (χ3v) is 4.55. The first-order valence-corrected chi connectivity index (χ1v) is 8.79. The smallest absolute Gasteiger partial charge is 0.224 e. The van der Waals surface area contributed by atoms with Crippen LogP contribution in [0.3, 0.4) is 0 Å². The summed E-state index contributed by atoms with van der Waals surface area (Å²) >= 11 is 0. The van der Waals surface area contributed by atoms with Gasteiger partial charge in [-0.2, -0.15) is 0 Å². The number of nitrogens with zero attached hydrogens (tertiary/aromatic N) is 2. The summed E-state index contributed by atoms with van der Waals surface area (Å²) in [6.07, 6.45) is 3.90. The van der Waals surface area contributed by atoms with Crippen molar-refractivity contribution in [3.63, 3.8) is 0 Å². The van der Waals surface area contributed by atoms with Gasteiger partial charge in [0, 0.05) is 38.3 Å². The zero-order valence-electron chi connectivity index (χ0n) is 14.0. The Balaban J connectivity index is 1.84. The van der Waals surface area contributed by atoms with Gasteiger partial charge in [-0.25, -0.2) is 0 Å². The highest BCUT2D eigenvalue weighted by Gasteiger charge is 2.19. The van der Waals surface area contributed by atoms with Crippen LogP contribution in [0.4, 0.5) is 17.1 Å². The Bertz CT molecular complexity index is 535. The molecule has 2 fully saturated rings. The zero-order chi connectivity index (χ0) is 16.1. The van der Waals surface area contributed by atoms with E-state index in [1.54, 1.807) is 0 Å². The van der Waals surface area contributed by atoms with Crippen LogP contribution in [0.25, 0.3) is 0 Å². The van der Waals surface area contributed by atoms with Crippen LogP contribution in [0.2, 0.25) is 0 Å². The number of carbonyl (C=O) groups is 1. The molecular weight excluding hydrogens is 290 g/mol. The molecule has 2 aliphatic heterocycles. The van der Waals surface area contributed by atoms with E-state index in [2.05, 4.69) is 33.3 Å². The van der Waals surface area contributed by atoms with Gasteiger partial charge in [-0.3, -0.25) is 4.79 Å². The van der Waals surface area contributed by atoms with Gasteiger partial charge in [0.15, 0.2) is 0 Å². The van der Waals surface area contributed by atoms with E-state index in [4.69, 9.17) is 4.74 Å². The molecule has 0 saturated carbocycles. The maximum atomic E-state index is 12.1. The fourth-order valence-electron chi connectivity index (χ4n) is 3.32. The summed E-state index contributed by atoms with van der Waals surface area (Å²) in [4.78, 5) is 16.8. The van der Waals surface area contributed by atoms with Crippen LogP contribution in [0.1, 0.15) is 32.6 Å². The first-order valence-electron chi connectivity index (χ1n) is 8.79. The summed E-state index contributed by atoms with van der Waals surface area (Å²) in [6.45, 7) is 7.54. The van der Waals surface area contributed by atoms with Crippen LogP contribution in [-0.2, 0) is 9.53 Å². The van der Waals surface area contributed by atoms with Gasteiger partial charge in [0.05, 0.1) is 24.6 Å². The number of nitrogens with one attached hydrogen (secondary N) is 1. The van der Waals surface area contributed by atoms with Gasteiger partial charge in [-0.15, -0.1) is 0 Å². The lowest BCUT2D eigenvalue weighted by molar-refractivity contribution is -0.116. The Kier molecular flexibility index (Phi) is 5.39. The van der Waals surface area contributed by atoms with Crippen LogP contribution in [-0.4, -0.2) is 45.3 Å². The van der Waals surface area contributed by atoms with Gasteiger partial charge in [0.1, 0.15) is 0 Å². The van der Waals surface area contributed by atoms with E-state index in [1.165, 1.54) is 18.5 Å². The molecule has 0 unspecified atom stereocenters. The minimum Gasteiger partial charge on any atom is -0.378 e. The molecule has 1 aromatic carbocycles. The molecule has 3 rings (SSSR count). The highest BCUT2D eigenvalue weighted by atomic mass is 16.5. The summed E-state index contributed by atoms with van der Waals surface area (Å²) in [5.41, 5.74) is 3.28. The highest BCUT2D eigenvalue weighted by molar-refractivity contribution is 5.95. The average molecular weight is 317 g/mol. The molecule has 1 N–H and O–H groups in total. The number of hydrogen-bond acceptors (Lipinski definition) is 4. The lowest BCUT2D eigenvalue weighted by Gasteiger charge is -2.30. The fraction of sp³-hybridized carbons (Fsp3) is 0.611. The maximum Gasteiger partial charge on any atom is 0.224 e. The molecule has 5 heteroatoms. The molecule has 0 spiro atoms. The van der Waals surface area contributed by atoms with Crippen LogP contribution >= 0.6 is 0 Å². The first kappa shape index (κ1) is 16.1. The van der Waals surface area contributed by atoms with Crippen molar-refractivity contribution in [2.75, 3.05) is 54.5 Å². The Hall–Kier alpha value is -1.75. The largest absolute Gasteiger partial charge is 0.378 e. The topological polar surface area (TPSA) is 44.8 Å². The predicted octanol–water partition coefficient (Wildman–Crippen LogP) is 2.86. The van der Waals surface area contributed by atoms with Gasteiger partial charge < -0.3 is 19.9 Å². The second-order valence-electron chi connectivity index (χ2n) is 6.29. The van der Waals surface area contributed by atoms with E-state index in [1.807, 2.05) is 6.92 Å². The number of ether oxygens (including phenoxy) is 1. The number of benzene rings is 1. The standard InChI is InChI=1S/C18H27N3O2/c1-2-5-18(22)19-16-14-15(20-10-12-23-13-11-20)6-7-17(16)21-8-3-4-9-21/h6-7,14H,2-5,8-13H2,1H3,(H,19,22). The van der Waals surface area contributed by atoms with Crippen molar-refractivity contribution >= 4 is 23.0 Å². The molecule has 0 bridgehead atoms. The van der Waals surface area contributed by atoms with E-state index in [0.29, 0.717) is 6.42 Å². The number of hydrogen-bond donors (Lipinski definition) is 1. The number of carbonyl (C=O) groups excluding carboxylic acids is 1. The molecule has 1 aromatic rings. The second kappa shape index (κ2) is 7.68. The van der Waals surface area contributed by atoms with Gasteiger partial charge in [-0.05, 0) is 37.5 Å². The molecule has 0 radical (unpaired) electrons. The third kappa shape index (κ3) is 3.96.